The SMILES string of the molecule is Cn1cnn(CCC(C)(C)O)c1=O. The van der Waals surface area contributed by atoms with Gasteiger partial charge in [-0.1, -0.05) is 0 Å². The predicted octanol–water partition coefficient (Wildman–Crippen LogP) is -0.257. The summed E-state index contributed by atoms with van der Waals surface area (Å²) in [5, 5.41) is 13.3. The van der Waals surface area contributed by atoms with E-state index in [-0.39, 0.29) is 5.69 Å². The number of aliphatic hydroxyl groups is 1. The Labute approximate surface area is 76.6 Å². The van der Waals surface area contributed by atoms with E-state index in [4.69, 9.17) is 0 Å². The molecular weight excluding hydrogens is 170 g/mol. The molecule has 0 fully saturated rings. The molecule has 0 amide bonds. The van der Waals surface area contributed by atoms with Gasteiger partial charge in [0, 0.05) is 13.6 Å². The summed E-state index contributed by atoms with van der Waals surface area (Å²) in [7, 11) is 1.65. The largest absolute Gasteiger partial charge is 0.390 e. The van der Waals surface area contributed by atoms with Gasteiger partial charge in [-0.3, -0.25) is 4.57 Å². The number of aromatic nitrogens is 3. The molecule has 5 heteroatoms. The molecule has 0 saturated heterocycles. The second kappa shape index (κ2) is 3.33. The van der Waals surface area contributed by atoms with Gasteiger partial charge >= 0.3 is 5.69 Å². The van der Waals surface area contributed by atoms with Crippen molar-refractivity contribution in [2.75, 3.05) is 0 Å². The third-order valence-electron chi connectivity index (χ3n) is 1.82. The molecule has 1 rings (SSSR count). The van der Waals surface area contributed by atoms with Gasteiger partial charge in [0.15, 0.2) is 0 Å². The molecule has 0 aromatic carbocycles. The Morgan fingerprint density at radius 2 is 2.23 bits per heavy atom. The quantitative estimate of drug-likeness (QED) is 0.706. The van der Waals surface area contributed by atoms with Crippen molar-refractivity contribution in [3.05, 3.63) is 16.8 Å². The molecule has 0 radical (unpaired) electrons. The Morgan fingerprint density at radius 3 is 2.62 bits per heavy atom. The fraction of sp³-hybridized carbons (Fsp3) is 0.750. The molecule has 1 aromatic rings. The maximum absolute atomic E-state index is 11.3. The minimum atomic E-state index is -0.753. The lowest BCUT2D eigenvalue weighted by Gasteiger charge is -2.15. The van der Waals surface area contributed by atoms with Crippen molar-refractivity contribution in [3.8, 4) is 0 Å². The summed E-state index contributed by atoms with van der Waals surface area (Å²) in [5.74, 6) is 0. The van der Waals surface area contributed by atoms with Gasteiger partial charge in [-0.15, -0.1) is 0 Å². The number of aryl methyl sites for hydroxylation is 2. The van der Waals surface area contributed by atoms with Crippen molar-refractivity contribution in [1.82, 2.24) is 14.3 Å². The summed E-state index contributed by atoms with van der Waals surface area (Å²) in [6.07, 6.45) is 1.98. The Kier molecular flexibility index (Phi) is 2.56. The Hall–Kier alpha value is -1.10. The Balaban J connectivity index is 2.66. The van der Waals surface area contributed by atoms with Crippen molar-refractivity contribution in [2.45, 2.75) is 32.4 Å². The van der Waals surface area contributed by atoms with Crippen LogP contribution in [0.2, 0.25) is 0 Å². The second-order valence-electron chi connectivity index (χ2n) is 3.81. The third-order valence-corrected chi connectivity index (χ3v) is 1.82. The van der Waals surface area contributed by atoms with E-state index in [0.29, 0.717) is 13.0 Å². The van der Waals surface area contributed by atoms with Gasteiger partial charge in [0.25, 0.3) is 0 Å². The van der Waals surface area contributed by atoms with Gasteiger partial charge in [-0.05, 0) is 20.3 Å². The van der Waals surface area contributed by atoms with Gasteiger partial charge in [-0.2, -0.15) is 5.10 Å². The highest BCUT2D eigenvalue weighted by atomic mass is 16.3. The molecule has 0 unspecified atom stereocenters. The minimum Gasteiger partial charge on any atom is -0.390 e. The first kappa shape index (κ1) is 9.98. The topological polar surface area (TPSA) is 60.1 Å². The molecule has 5 nitrogen and oxygen atoms in total. The van der Waals surface area contributed by atoms with Gasteiger partial charge in [0.05, 0.1) is 5.60 Å². The van der Waals surface area contributed by atoms with E-state index in [1.165, 1.54) is 15.6 Å². The second-order valence-corrected chi connectivity index (χ2v) is 3.81. The first-order valence-corrected chi connectivity index (χ1v) is 4.21. The molecule has 0 aliphatic heterocycles. The smallest absolute Gasteiger partial charge is 0.345 e. The summed E-state index contributed by atoms with van der Waals surface area (Å²) < 4.78 is 2.75. The first-order valence-electron chi connectivity index (χ1n) is 4.21. The third kappa shape index (κ3) is 2.69. The fourth-order valence-electron chi connectivity index (χ4n) is 0.954. The Morgan fingerprint density at radius 1 is 1.62 bits per heavy atom. The van der Waals surface area contributed by atoms with Crippen LogP contribution < -0.4 is 5.69 Å². The molecule has 0 aliphatic rings. The average molecular weight is 185 g/mol. The van der Waals surface area contributed by atoms with Gasteiger partial charge in [0.2, 0.25) is 0 Å². The zero-order valence-electron chi connectivity index (χ0n) is 8.19. The molecule has 0 atom stereocenters. The fourth-order valence-corrected chi connectivity index (χ4v) is 0.954. The number of rotatable bonds is 3. The molecule has 0 saturated carbocycles. The highest BCUT2D eigenvalue weighted by Crippen LogP contribution is 2.06. The van der Waals surface area contributed by atoms with E-state index < -0.39 is 5.60 Å². The molecule has 0 spiro atoms. The number of nitrogens with zero attached hydrogens (tertiary/aromatic N) is 3. The van der Waals surface area contributed by atoms with Crippen LogP contribution in [0.3, 0.4) is 0 Å². The first-order chi connectivity index (χ1) is 5.90. The van der Waals surface area contributed by atoms with Crippen LogP contribution in [0.1, 0.15) is 20.3 Å². The Bertz CT molecular complexity index is 332. The molecule has 13 heavy (non-hydrogen) atoms. The molecule has 74 valence electrons. The summed E-state index contributed by atoms with van der Waals surface area (Å²) in [6.45, 7) is 3.87. The van der Waals surface area contributed by atoms with E-state index in [0.717, 1.165) is 0 Å². The molecule has 1 heterocycles. The predicted molar refractivity (Wildman–Crippen MR) is 48.4 cm³/mol. The maximum atomic E-state index is 11.3. The van der Waals surface area contributed by atoms with Crippen LogP contribution >= 0.6 is 0 Å². The lowest BCUT2D eigenvalue weighted by atomic mass is 10.1. The van der Waals surface area contributed by atoms with Crippen LogP contribution in [0, 0.1) is 0 Å². The van der Waals surface area contributed by atoms with Crippen LogP contribution in [-0.2, 0) is 13.6 Å². The van der Waals surface area contributed by atoms with Crippen LogP contribution in [0.25, 0.3) is 0 Å². The number of hydrogen-bond acceptors (Lipinski definition) is 3. The highest BCUT2D eigenvalue weighted by molar-refractivity contribution is 4.69. The van der Waals surface area contributed by atoms with Crippen LogP contribution in [0.4, 0.5) is 0 Å². The van der Waals surface area contributed by atoms with Crippen LogP contribution in [0.5, 0.6) is 0 Å². The van der Waals surface area contributed by atoms with Crippen LogP contribution in [0.15, 0.2) is 11.1 Å². The molecule has 1 aromatic heterocycles. The van der Waals surface area contributed by atoms with Crippen molar-refractivity contribution < 1.29 is 5.11 Å². The maximum Gasteiger partial charge on any atom is 0.345 e. The van der Waals surface area contributed by atoms with Crippen molar-refractivity contribution in [1.29, 1.82) is 0 Å². The molecule has 0 aliphatic carbocycles. The van der Waals surface area contributed by atoms with Crippen molar-refractivity contribution in [3.63, 3.8) is 0 Å². The standard InChI is InChI=1S/C8H15N3O2/c1-8(2,13)4-5-11-7(12)10(3)6-9-11/h6,13H,4-5H2,1-3H3. The van der Waals surface area contributed by atoms with Crippen LogP contribution in [-0.4, -0.2) is 25.1 Å². The highest BCUT2D eigenvalue weighted by Gasteiger charge is 2.13. The van der Waals surface area contributed by atoms with E-state index in [9.17, 15) is 9.90 Å². The van der Waals surface area contributed by atoms with E-state index in [2.05, 4.69) is 5.10 Å². The summed E-state index contributed by atoms with van der Waals surface area (Å²) in [6, 6.07) is 0. The number of hydrogen-bond donors (Lipinski definition) is 1. The van der Waals surface area contributed by atoms with E-state index in [1.807, 2.05) is 0 Å². The summed E-state index contributed by atoms with van der Waals surface area (Å²) in [5.41, 5.74) is -0.902. The average Bonchev–Trinajstić information content (AvgIpc) is 2.29. The normalized spacial score (nSPS) is 12.0. The molecule has 1 N–H and O–H groups in total. The van der Waals surface area contributed by atoms with Gasteiger partial charge in [0.1, 0.15) is 6.33 Å². The summed E-state index contributed by atoms with van der Waals surface area (Å²) >= 11 is 0. The molecule has 0 bridgehead atoms. The lowest BCUT2D eigenvalue weighted by Crippen LogP contribution is -2.28. The van der Waals surface area contributed by atoms with E-state index >= 15 is 0 Å². The van der Waals surface area contributed by atoms with Gasteiger partial charge in [-0.25, -0.2) is 9.48 Å². The van der Waals surface area contributed by atoms with E-state index in [1.54, 1.807) is 20.9 Å². The van der Waals surface area contributed by atoms with Crippen molar-refractivity contribution >= 4 is 0 Å². The summed E-state index contributed by atoms with van der Waals surface area (Å²) in [4.78, 5) is 11.3. The van der Waals surface area contributed by atoms with Crippen molar-refractivity contribution in [2.24, 2.45) is 7.05 Å². The lowest BCUT2D eigenvalue weighted by molar-refractivity contribution is 0.0647. The van der Waals surface area contributed by atoms with Gasteiger partial charge < -0.3 is 5.11 Å². The minimum absolute atomic E-state index is 0.149. The molecular formula is C8H15N3O2. The zero-order valence-corrected chi connectivity index (χ0v) is 8.19. The zero-order chi connectivity index (χ0) is 10.1. The monoisotopic (exact) mass is 185 g/mol.